The Hall–Kier alpha value is -2.23. The van der Waals surface area contributed by atoms with Crippen LogP contribution in [0.2, 0.25) is 5.02 Å². The second-order valence-corrected chi connectivity index (χ2v) is 7.14. The molecule has 0 aliphatic heterocycles. The fourth-order valence-electron chi connectivity index (χ4n) is 2.27. The lowest BCUT2D eigenvalue weighted by molar-refractivity contribution is 0.416. The molecule has 0 aliphatic rings. The van der Waals surface area contributed by atoms with E-state index in [1.54, 1.807) is 31.0 Å². The van der Waals surface area contributed by atoms with Gasteiger partial charge in [-0.15, -0.1) is 0 Å². The van der Waals surface area contributed by atoms with Crippen molar-refractivity contribution < 1.29 is 4.74 Å². The Kier molecular flexibility index (Phi) is 5.79. The van der Waals surface area contributed by atoms with E-state index >= 15 is 0 Å². The van der Waals surface area contributed by atoms with Gasteiger partial charge >= 0.3 is 0 Å². The molecule has 0 saturated heterocycles. The third-order valence-electron chi connectivity index (χ3n) is 3.63. The number of rotatable bonds is 5. The minimum atomic E-state index is 0.637. The van der Waals surface area contributed by atoms with Gasteiger partial charge in [-0.25, -0.2) is 0 Å². The van der Waals surface area contributed by atoms with E-state index in [4.69, 9.17) is 16.3 Å². The van der Waals surface area contributed by atoms with Crippen molar-refractivity contribution in [2.45, 2.75) is 16.7 Å². The first-order valence-corrected chi connectivity index (χ1v) is 9.06. The van der Waals surface area contributed by atoms with Gasteiger partial charge in [0.1, 0.15) is 11.4 Å². The van der Waals surface area contributed by atoms with Crippen molar-refractivity contribution >= 4 is 35.3 Å². The average molecular weight is 368 g/mol. The lowest BCUT2D eigenvalue weighted by Gasteiger charge is -2.05. The molecule has 0 fully saturated rings. The standard InChI is InChI=1S/C21H18ClNOS/c1-15-3-8-18(9-4-15)25-19-10-5-16(6-11-19)14-23-20-13-17(22)7-12-21(20)24-2/h3-14H,1-2H3. The van der Waals surface area contributed by atoms with Gasteiger partial charge in [-0.05, 0) is 55.0 Å². The number of ether oxygens (including phenoxy) is 1. The summed E-state index contributed by atoms with van der Waals surface area (Å²) in [5.74, 6) is 0.701. The Morgan fingerprint density at radius 3 is 2.20 bits per heavy atom. The van der Waals surface area contributed by atoms with E-state index in [9.17, 15) is 0 Å². The molecule has 0 spiro atoms. The lowest BCUT2D eigenvalue weighted by atomic mass is 10.2. The Balaban J connectivity index is 1.72. The first-order valence-electron chi connectivity index (χ1n) is 7.86. The Morgan fingerprint density at radius 2 is 1.56 bits per heavy atom. The normalized spacial score (nSPS) is 11.0. The molecule has 3 aromatic carbocycles. The van der Waals surface area contributed by atoms with Crippen LogP contribution in [0.25, 0.3) is 0 Å². The monoisotopic (exact) mass is 367 g/mol. The summed E-state index contributed by atoms with van der Waals surface area (Å²) in [5.41, 5.74) is 3.01. The Bertz CT molecular complexity index is 873. The van der Waals surface area contributed by atoms with Crippen LogP contribution in [0.3, 0.4) is 0 Å². The van der Waals surface area contributed by atoms with E-state index in [2.05, 4.69) is 60.4 Å². The van der Waals surface area contributed by atoms with Crippen molar-refractivity contribution in [3.8, 4) is 5.75 Å². The number of halogens is 1. The molecule has 0 bridgehead atoms. The third kappa shape index (κ3) is 4.88. The molecule has 25 heavy (non-hydrogen) atoms. The average Bonchev–Trinajstić information content (AvgIpc) is 2.63. The highest BCUT2D eigenvalue weighted by molar-refractivity contribution is 7.99. The van der Waals surface area contributed by atoms with Crippen molar-refractivity contribution in [2.24, 2.45) is 4.99 Å². The first kappa shape index (κ1) is 17.6. The summed E-state index contributed by atoms with van der Waals surface area (Å²) in [4.78, 5) is 6.92. The number of hydrogen-bond acceptors (Lipinski definition) is 3. The smallest absolute Gasteiger partial charge is 0.144 e. The van der Waals surface area contributed by atoms with E-state index in [0.717, 1.165) is 5.56 Å². The van der Waals surface area contributed by atoms with E-state index in [1.807, 2.05) is 12.3 Å². The van der Waals surface area contributed by atoms with Crippen LogP contribution in [0, 0.1) is 6.92 Å². The topological polar surface area (TPSA) is 21.6 Å². The zero-order valence-electron chi connectivity index (χ0n) is 14.1. The van der Waals surface area contributed by atoms with Gasteiger partial charge in [-0.2, -0.15) is 0 Å². The van der Waals surface area contributed by atoms with E-state index in [1.165, 1.54) is 15.4 Å². The van der Waals surface area contributed by atoms with Crippen molar-refractivity contribution in [3.05, 3.63) is 82.9 Å². The maximum absolute atomic E-state index is 6.03. The highest BCUT2D eigenvalue weighted by atomic mass is 35.5. The van der Waals surface area contributed by atoms with Gasteiger partial charge in [-0.3, -0.25) is 4.99 Å². The molecule has 0 saturated carbocycles. The van der Waals surface area contributed by atoms with Crippen LogP contribution in [-0.2, 0) is 0 Å². The summed E-state index contributed by atoms with van der Waals surface area (Å²) >= 11 is 7.78. The molecule has 0 amide bonds. The van der Waals surface area contributed by atoms with Crippen LogP contribution in [0.1, 0.15) is 11.1 Å². The summed E-state index contributed by atoms with van der Waals surface area (Å²) in [6.07, 6.45) is 1.81. The van der Waals surface area contributed by atoms with Gasteiger partial charge in [-0.1, -0.05) is 53.2 Å². The lowest BCUT2D eigenvalue weighted by Crippen LogP contribution is -1.85. The van der Waals surface area contributed by atoms with Crippen LogP contribution < -0.4 is 4.74 Å². The molecule has 0 unspecified atom stereocenters. The zero-order chi connectivity index (χ0) is 17.6. The first-order chi connectivity index (χ1) is 12.1. The minimum absolute atomic E-state index is 0.637. The Labute approximate surface area is 157 Å². The van der Waals surface area contributed by atoms with Gasteiger partial charge in [0.2, 0.25) is 0 Å². The highest BCUT2D eigenvalue weighted by Crippen LogP contribution is 2.31. The predicted molar refractivity (Wildman–Crippen MR) is 107 cm³/mol. The quantitative estimate of drug-likeness (QED) is 0.476. The fourth-order valence-corrected chi connectivity index (χ4v) is 3.26. The molecule has 0 heterocycles. The van der Waals surface area contributed by atoms with E-state index in [0.29, 0.717) is 16.5 Å². The van der Waals surface area contributed by atoms with Crippen molar-refractivity contribution in [2.75, 3.05) is 7.11 Å². The second-order valence-electron chi connectivity index (χ2n) is 5.56. The predicted octanol–water partition coefficient (Wildman–Crippen LogP) is 6.56. The van der Waals surface area contributed by atoms with Crippen molar-refractivity contribution in [1.29, 1.82) is 0 Å². The number of aryl methyl sites for hydroxylation is 1. The number of nitrogens with zero attached hydrogens (tertiary/aromatic N) is 1. The summed E-state index contributed by atoms with van der Waals surface area (Å²) in [5, 5.41) is 0.637. The van der Waals surface area contributed by atoms with Crippen LogP contribution in [0.15, 0.2) is 81.5 Å². The van der Waals surface area contributed by atoms with Gasteiger partial charge in [0.05, 0.1) is 7.11 Å². The van der Waals surface area contributed by atoms with Crippen molar-refractivity contribution in [3.63, 3.8) is 0 Å². The number of methoxy groups -OCH3 is 1. The molecular weight excluding hydrogens is 350 g/mol. The molecule has 3 aromatic rings. The third-order valence-corrected chi connectivity index (χ3v) is 4.88. The second kappa shape index (κ2) is 8.24. The molecular formula is C21H18ClNOS. The van der Waals surface area contributed by atoms with E-state index < -0.39 is 0 Å². The van der Waals surface area contributed by atoms with E-state index in [-0.39, 0.29) is 0 Å². The van der Waals surface area contributed by atoms with Crippen LogP contribution in [0.4, 0.5) is 5.69 Å². The molecule has 0 aromatic heterocycles. The SMILES string of the molecule is COc1ccc(Cl)cc1N=Cc1ccc(Sc2ccc(C)cc2)cc1. The van der Waals surface area contributed by atoms with Crippen LogP contribution >= 0.6 is 23.4 Å². The molecule has 4 heteroatoms. The fraction of sp³-hybridized carbons (Fsp3) is 0.0952. The summed E-state index contributed by atoms with van der Waals surface area (Å²) in [6.45, 7) is 2.09. The highest BCUT2D eigenvalue weighted by Gasteiger charge is 2.02. The van der Waals surface area contributed by atoms with Crippen LogP contribution in [-0.4, -0.2) is 13.3 Å². The number of hydrogen-bond donors (Lipinski definition) is 0. The van der Waals surface area contributed by atoms with Gasteiger partial charge in [0.25, 0.3) is 0 Å². The van der Waals surface area contributed by atoms with Gasteiger partial charge in [0, 0.05) is 21.0 Å². The van der Waals surface area contributed by atoms with Crippen molar-refractivity contribution in [1.82, 2.24) is 0 Å². The largest absolute Gasteiger partial charge is 0.494 e. The summed E-state index contributed by atoms with van der Waals surface area (Å²) < 4.78 is 5.31. The summed E-state index contributed by atoms with van der Waals surface area (Å²) in [7, 11) is 1.62. The Morgan fingerprint density at radius 1 is 0.920 bits per heavy atom. The number of benzene rings is 3. The maximum Gasteiger partial charge on any atom is 0.144 e. The minimum Gasteiger partial charge on any atom is -0.494 e. The van der Waals surface area contributed by atoms with Crippen LogP contribution in [0.5, 0.6) is 5.75 Å². The maximum atomic E-state index is 6.03. The molecule has 3 rings (SSSR count). The molecule has 0 radical (unpaired) electrons. The molecule has 2 nitrogen and oxygen atoms in total. The molecule has 126 valence electrons. The molecule has 0 N–H and O–H groups in total. The molecule has 0 aliphatic carbocycles. The molecule has 0 atom stereocenters. The summed E-state index contributed by atoms with van der Waals surface area (Å²) in [6, 6.07) is 22.2. The van der Waals surface area contributed by atoms with Gasteiger partial charge in [0.15, 0.2) is 0 Å². The number of aliphatic imine (C=N–C) groups is 1. The zero-order valence-corrected chi connectivity index (χ0v) is 15.6. The van der Waals surface area contributed by atoms with Gasteiger partial charge < -0.3 is 4.74 Å².